The topological polar surface area (TPSA) is 82.3 Å². The van der Waals surface area contributed by atoms with Crippen molar-refractivity contribution in [2.75, 3.05) is 6.61 Å². The summed E-state index contributed by atoms with van der Waals surface area (Å²) in [5, 5.41) is 10.7. The molecule has 1 rings (SSSR count). The maximum absolute atomic E-state index is 11.0. The smallest absolute Gasteiger partial charge is 0.406 e. The van der Waals surface area contributed by atoms with E-state index >= 15 is 0 Å². The molecule has 0 spiro atoms. The molecule has 0 N–H and O–H groups in total. The highest BCUT2D eigenvalue weighted by Crippen LogP contribution is 2.24. The molecule has 86 valence electrons. The summed E-state index contributed by atoms with van der Waals surface area (Å²) in [6.45, 7) is 3.18. The van der Waals surface area contributed by atoms with Gasteiger partial charge in [0.2, 0.25) is 5.75 Å². The van der Waals surface area contributed by atoms with Crippen molar-refractivity contribution in [3.8, 4) is 5.75 Å². The molecule has 0 aliphatic heterocycles. The quantitative estimate of drug-likeness (QED) is 0.561. The van der Waals surface area contributed by atoms with Crippen LogP contribution in [0.4, 0.5) is 5.82 Å². The zero-order chi connectivity index (χ0) is 12.1. The lowest BCUT2D eigenvalue weighted by atomic mass is 10.3. The number of ether oxygens (including phenoxy) is 1. The largest absolute Gasteiger partial charge is 0.478 e. The summed E-state index contributed by atoms with van der Waals surface area (Å²) < 4.78 is 5.05. The molecule has 0 bridgehead atoms. The first-order valence-corrected chi connectivity index (χ1v) is 4.81. The number of carbonyl (C=O) groups is 1. The van der Waals surface area contributed by atoms with E-state index < -0.39 is 4.92 Å². The molecule has 1 aromatic rings. The van der Waals surface area contributed by atoms with Crippen LogP contribution in [0, 0.1) is 17.0 Å². The fourth-order valence-corrected chi connectivity index (χ4v) is 1.03. The first-order chi connectivity index (χ1) is 7.54. The number of pyridine rings is 1. The minimum Gasteiger partial charge on any atom is -0.478 e. The van der Waals surface area contributed by atoms with Gasteiger partial charge in [-0.25, -0.2) is 0 Å². The van der Waals surface area contributed by atoms with Crippen LogP contribution >= 0.6 is 0 Å². The molecule has 0 saturated carbocycles. The third-order valence-corrected chi connectivity index (χ3v) is 1.93. The molecule has 6 heteroatoms. The highest BCUT2D eigenvalue weighted by molar-refractivity contribution is 5.79. The molecule has 0 aliphatic carbocycles. The van der Waals surface area contributed by atoms with Crippen LogP contribution in [0.1, 0.15) is 19.0 Å². The number of rotatable bonds is 5. The summed E-state index contributed by atoms with van der Waals surface area (Å²) in [6, 6.07) is 3.04. The summed E-state index contributed by atoms with van der Waals surface area (Å²) in [7, 11) is 0. The Hall–Kier alpha value is -1.98. The minimum atomic E-state index is -0.626. The van der Waals surface area contributed by atoms with E-state index in [2.05, 4.69) is 4.98 Å². The highest BCUT2D eigenvalue weighted by atomic mass is 16.6. The first kappa shape index (κ1) is 12.1. The number of aromatic nitrogens is 1. The lowest BCUT2D eigenvalue weighted by Crippen LogP contribution is -2.11. The van der Waals surface area contributed by atoms with Crippen LogP contribution in [0.25, 0.3) is 0 Å². The maximum Gasteiger partial charge on any atom is 0.406 e. The SMILES string of the molecule is CCC(=O)COc1ccc(C)nc1[N+](=O)[O-]. The normalized spacial score (nSPS) is 9.88. The van der Waals surface area contributed by atoms with Crippen molar-refractivity contribution >= 4 is 11.6 Å². The fraction of sp³-hybridized carbons (Fsp3) is 0.400. The number of carbonyl (C=O) groups excluding carboxylic acids is 1. The molecule has 0 aliphatic rings. The van der Waals surface area contributed by atoms with Gasteiger partial charge in [0.25, 0.3) is 0 Å². The van der Waals surface area contributed by atoms with Gasteiger partial charge in [-0.3, -0.25) is 4.79 Å². The summed E-state index contributed by atoms with van der Waals surface area (Å²) >= 11 is 0. The van der Waals surface area contributed by atoms with Gasteiger partial charge >= 0.3 is 5.82 Å². The van der Waals surface area contributed by atoms with E-state index in [4.69, 9.17) is 4.74 Å². The molecular formula is C10H12N2O4. The molecule has 16 heavy (non-hydrogen) atoms. The predicted octanol–water partition coefficient (Wildman–Crippen LogP) is 1.66. The summed E-state index contributed by atoms with van der Waals surface area (Å²) in [5.41, 5.74) is 0.529. The summed E-state index contributed by atoms with van der Waals surface area (Å²) in [5.74, 6) is -0.448. The molecule has 0 unspecified atom stereocenters. The van der Waals surface area contributed by atoms with Crippen molar-refractivity contribution in [1.82, 2.24) is 4.98 Å². The molecule has 1 heterocycles. The highest BCUT2D eigenvalue weighted by Gasteiger charge is 2.18. The standard InChI is InChI=1S/C10H12N2O4/c1-3-8(13)6-16-9-5-4-7(2)11-10(9)12(14)15/h4-5H,3,6H2,1-2H3. The lowest BCUT2D eigenvalue weighted by Gasteiger charge is -2.04. The second-order valence-corrected chi connectivity index (χ2v) is 3.21. The zero-order valence-corrected chi connectivity index (χ0v) is 9.10. The van der Waals surface area contributed by atoms with Gasteiger partial charge in [0.05, 0.1) is 0 Å². The zero-order valence-electron chi connectivity index (χ0n) is 9.10. The summed E-state index contributed by atoms with van der Waals surface area (Å²) in [6.07, 6.45) is 0.340. The Morgan fingerprint density at radius 1 is 1.56 bits per heavy atom. The molecule has 1 aromatic heterocycles. The van der Waals surface area contributed by atoms with E-state index in [-0.39, 0.29) is 24.0 Å². The van der Waals surface area contributed by atoms with Gasteiger partial charge < -0.3 is 14.9 Å². The van der Waals surface area contributed by atoms with E-state index in [1.54, 1.807) is 19.9 Å². The van der Waals surface area contributed by atoms with E-state index in [0.717, 1.165) is 0 Å². The maximum atomic E-state index is 11.0. The number of hydrogen-bond acceptors (Lipinski definition) is 5. The summed E-state index contributed by atoms with van der Waals surface area (Å²) in [4.78, 5) is 24.8. The van der Waals surface area contributed by atoms with Gasteiger partial charge in [-0.2, -0.15) is 0 Å². The number of ketones is 1. The van der Waals surface area contributed by atoms with Crippen LogP contribution in [0.15, 0.2) is 12.1 Å². The monoisotopic (exact) mass is 224 g/mol. The van der Waals surface area contributed by atoms with Crippen LogP contribution in [-0.2, 0) is 4.79 Å². The molecule has 0 radical (unpaired) electrons. The van der Waals surface area contributed by atoms with Crippen molar-refractivity contribution in [1.29, 1.82) is 0 Å². The van der Waals surface area contributed by atoms with Gasteiger partial charge in [-0.15, -0.1) is 0 Å². The Balaban J connectivity index is 2.87. The average molecular weight is 224 g/mol. The van der Waals surface area contributed by atoms with E-state index in [1.807, 2.05) is 0 Å². The average Bonchev–Trinajstić information content (AvgIpc) is 2.26. The fourth-order valence-electron chi connectivity index (χ4n) is 1.03. The van der Waals surface area contributed by atoms with Crippen molar-refractivity contribution in [3.05, 3.63) is 27.9 Å². The van der Waals surface area contributed by atoms with Crippen LogP contribution < -0.4 is 4.74 Å². The van der Waals surface area contributed by atoms with Crippen LogP contribution in [0.2, 0.25) is 0 Å². The number of nitro groups is 1. The Labute approximate surface area is 92.4 Å². The minimum absolute atomic E-state index is 0.0254. The van der Waals surface area contributed by atoms with Crippen molar-refractivity contribution < 1.29 is 14.5 Å². The molecule has 0 amide bonds. The lowest BCUT2D eigenvalue weighted by molar-refractivity contribution is -0.390. The van der Waals surface area contributed by atoms with Gasteiger partial charge in [-0.05, 0) is 22.0 Å². The number of nitrogens with zero attached hydrogens (tertiary/aromatic N) is 2. The van der Waals surface area contributed by atoms with Crippen LogP contribution in [-0.4, -0.2) is 22.3 Å². The van der Waals surface area contributed by atoms with E-state index in [0.29, 0.717) is 12.1 Å². The number of aryl methyl sites for hydroxylation is 1. The van der Waals surface area contributed by atoms with Crippen LogP contribution in [0.3, 0.4) is 0 Å². The van der Waals surface area contributed by atoms with Gasteiger partial charge in [0.15, 0.2) is 5.78 Å². The predicted molar refractivity (Wildman–Crippen MR) is 56.4 cm³/mol. The van der Waals surface area contributed by atoms with Crippen molar-refractivity contribution in [3.63, 3.8) is 0 Å². The second-order valence-electron chi connectivity index (χ2n) is 3.21. The Morgan fingerprint density at radius 2 is 2.25 bits per heavy atom. The molecule has 0 atom stereocenters. The first-order valence-electron chi connectivity index (χ1n) is 4.81. The van der Waals surface area contributed by atoms with Gasteiger partial charge in [0.1, 0.15) is 12.3 Å². The molecule has 0 fully saturated rings. The van der Waals surface area contributed by atoms with E-state index in [1.165, 1.54) is 6.07 Å². The van der Waals surface area contributed by atoms with Gasteiger partial charge in [-0.1, -0.05) is 6.92 Å². The second kappa shape index (κ2) is 5.20. The third-order valence-electron chi connectivity index (χ3n) is 1.93. The Bertz CT molecular complexity index is 417. The Kier molecular flexibility index (Phi) is 3.93. The number of hydrogen-bond donors (Lipinski definition) is 0. The Morgan fingerprint density at radius 3 is 2.81 bits per heavy atom. The van der Waals surface area contributed by atoms with Gasteiger partial charge in [0, 0.05) is 13.3 Å². The van der Waals surface area contributed by atoms with E-state index in [9.17, 15) is 14.9 Å². The molecule has 0 saturated heterocycles. The molecular weight excluding hydrogens is 212 g/mol. The number of Topliss-reactive ketones (excluding diaryl/α,β-unsaturated/α-hetero) is 1. The third kappa shape index (κ3) is 3.01. The van der Waals surface area contributed by atoms with Crippen molar-refractivity contribution in [2.45, 2.75) is 20.3 Å². The molecule has 0 aromatic carbocycles. The van der Waals surface area contributed by atoms with Crippen LogP contribution in [0.5, 0.6) is 5.75 Å². The molecule has 6 nitrogen and oxygen atoms in total. The van der Waals surface area contributed by atoms with Crippen molar-refractivity contribution in [2.24, 2.45) is 0 Å².